The molecule has 1 heterocycles. The fourth-order valence-corrected chi connectivity index (χ4v) is 3.27. The van der Waals surface area contributed by atoms with Crippen LogP contribution in [-0.4, -0.2) is 34.0 Å². The van der Waals surface area contributed by atoms with Crippen LogP contribution in [0.3, 0.4) is 0 Å². The summed E-state index contributed by atoms with van der Waals surface area (Å²) < 4.78 is 14.6. The largest absolute Gasteiger partial charge is 0.512 e. The van der Waals surface area contributed by atoms with Crippen LogP contribution >= 0.6 is 0 Å². The van der Waals surface area contributed by atoms with Crippen LogP contribution in [0, 0.1) is 16.6 Å². The van der Waals surface area contributed by atoms with Gasteiger partial charge in [0.25, 0.3) is 0 Å². The molecule has 0 aliphatic heterocycles. The molecule has 0 saturated heterocycles. The molecule has 1 aliphatic rings. The highest BCUT2D eigenvalue weighted by Gasteiger charge is 2.19. The molecule has 7 nitrogen and oxygen atoms in total. The van der Waals surface area contributed by atoms with Crippen molar-refractivity contribution in [2.24, 2.45) is 0 Å². The van der Waals surface area contributed by atoms with E-state index in [2.05, 4.69) is 15.6 Å². The summed E-state index contributed by atoms with van der Waals surface area (Å²) in [4.78, 5) is 16.5. The summed E-state index contributed by atoms with van der Waals surface area (Å²) in [5.41, 5.74) is 2.72. The number of aliphatic hydroxyl groups is 1. The summed E-state index contributed by atoms with van der Waals surface area (Å²) in [6.45, 7) is 2.93. The van der Waals surface area contributed by atoms with Crippen molar-refractivity contribution in [3.63, 3.8) is 0 Å². The third kappa shape index (κ3) is 6.22. The third-order valence-corrected chi connectivity index (χ3v) is 5.04. The standard InChI is InChI=1S/C25H26FN5O2/c1-15(28)25(16(2)32)17-3-7-23(22(26)11-17)31-24(33)8-4-18-13-29-10-9-21(18)19(12-27)14-30-20-5-6-20/h3-4,7-14,20,27-28,30,32H,5-6H2,1-2H3,(H,31,33)/b8-4+,19-14+,25-16+,27-12?,28-15?. The smallest absolute Gasteiger partial charge is 0.248 e. The average molecular weight is 448 g/mol. The van der Waals surface area contributed by atoms with E-state index in [-0.39, 0.29) is 22.7 Å². The van der Waals surface area contributed by atoms with Crippen molar-refractivity contribution in [2.75, 3.05) is 5.32 Å². The minimum Gasteiger partial charge on any atom is -0.512 e. The number of hydrogen-bond donors (Lipinski definition) is 5. The minimum atomic E-state index is -0.684. The summed E-state index contributed by atoms with van der Waals surface area (Å²) in [5.74, 6) is -1.30. The van der Waals surface area contributed by atoms with Gasteiger partial charge in [-0.3, -0.25) is 9.78 Å². The van der Waals surface area contributed by atoms with Crippen molar-refractivity contribution in [1.29, 1.82) is 10.8 Å². The van der Waals surface area contributed by atoms with Crippen molar-refractivity contribution in [1.82, 2.24) is 10.3 Å². The van der Waals surface area contributed by atoms with Gasteiger partial charge in [0.05, 0.1) is 11.4 Å². The molecule has 5 N–H and O–H groups in total. The fraction of sp³-hybridized carbons (Fsp3) is 0.200. The van der Waals surface area contributed by atoms with Gasteiger partial charge in [0.1, 0.15) is 5.82 Å². The number of rotatable bonds is 9. The van der Waals surface area contributed by atoms with Crippen molar-refractivity contribution in [3.05, 3.63) is 77.2 Å². The van der Waals surface area contributed by atoms with Crippen LogP contribution in [0.5, 0.6) is 0 Å². The highest BCUT2D eigenvalue weighted by Crippen LogP contribution is 2.24. The van der Waals surface area contributed by atoms with E-state index < -0.39 is 11.7 Å². The summed E-state index contributed by atoms with van der Waals surface area (Å²) in [5, 5.41) is 31.0. The second-order valence-corrected chi connectivity index (χ2v) is 7.75. The Kier molecular flexibility index (Phi) is 7.50. The van der Waals surface area contributed by atoms with Gasteiger partial charge < -0.3 is 26.6 Å². The normalized spacial score (nSPS) is 14.6. The number of nitrogens with zero attached hydrogens (tertiary/aromatic N) is 1. The Morgan fingerprint density at radius 1 is 1.27 bits per heavy atom. The molecule has 0 bridgehead atoms. The first-order valence-electron chi connectivity index (χ1n) is 10.5. The van der Waals surface area contributed by atoms with Gasteiger partial charge in [-0.2, -0.15) is 0 Å². The van der Waals surface area contributed by atoms with E-state index in [0.29, 0.717) is 22.7 Å². The number of halogens is 1. The van der Waals surface area contributed by atoms with E-state index in [1.165, 1.54) is 44.3 Å². The van der Waals surface area contributed by atoms with Crippen LogP contribution in [0.4, 0.5) is 10.1 Å². The van der Waals surface area contributed by atoms with Crippen molar-refractivity contribution in [3.8, 4) is 0 Å². The molecular formula is C25H26FN5O2. The molecule has 0 spiro atoms. The summed E-state index contributed by atoms with van der Waals surface area (Å²) in [7, 11) is 0. The van der Waals surface area contributed by atoms with Crippen molar-refractivity contribution in [2.45, 2.75) is 32.7 Å². The molecule has 1 fully saturated rings. The zero-order valence-electron chi connectivity index (χ0n) is 18.4. The number of allylic oxidation sites excluding steroid dienone is 3. The number of aromatic nitrogens is 1. The first-order chi connectivity index (χ1) is 15.8. The number of hydrogen-bond acceptors (Lipinski definition) is 6. The number of pyridine rings is 1. The molecule has 0 atom stereocenters. The average Bonchev–Trinajstić information content (AvgIpc) is 3.59. The zero-order valence-corrected chi connectivity index (χ0v) is 18.4. The van der Waals surface area contributed by atoms with E-state index in [4.69, 9.17) is 10.8 Å². The Morgan fingerprint density at radius 2 is 2.03 bits per heavy atom. The maximum absolute atomic E-state index is 14.6. The van der Waals surface area contributed by atoms with Gasteiger partial charge in [-0.1, -0.05) is 6.07 Å². The molecule has 1 aromatic heterocycles. The van der Waals surface area contributed by atoms with Gasteiger partial charge in [0.2, 0.25) is 5.91 Å². The monoisotopic (exact) mass is 447 g/mol. The number of anilines is 1. The predicted octanol–water partition coefficient (Wildman–Crippen LogP) is 4.94. The number of benzene rings is 1. The van der Waals surface area contributed by atoms with E-state index in [1.54, 1.807) is 30.7 Å². The van der Waals surface area contributed by atoms with E-state index in [0.717, 1.165) is 18.4 Å². The summed E-state index contributed by atoms with van der Waals surface area (Å²) >= 11 is 0. The fourth-order valence-electron chi connectivity index (χ4n) is 3.27. The lowest BCUT2D eigenvalue weighted by molar-refractivity contribution is -0.111. The van der Waals surface area contributed by atoms with Crippen LogP contribution in [0.15, 0.2) is 54.7 Å². The number of carbonyl (C=O) groups is 1. The summed E-state index contributed by atoms with van der Waals surface area (Å²) in [6, 6.07) is 6.30. The maximum atomic E-state index is 14.6. The van der Waals surface area contributed by atoms with Gasteiger partial charge in [0.15, 0.2) is 0 Å². The SMILES string of the molecule is CC(=N)/C(=C(/C)O)c1ccc(NC(=O)/C=C/c2cnccc2/C(C=N)=C/NC2CC2)c(F)c1. The number of amides is 1. The second kappa shape index (κ2) is 10.5. The Labute approximate surface area is 191 Å². The van der Waals surface area contributed by atoms with Gasteiger partial charge in [-0.25, -0.2) is 4.39 Å². The number of aliphatic hydroxyl groups excluding tert-OH is 1. The Hall–Kier alpha value is -4.07. The molecule has 1 aromatic carbocycles. The second-order valence-electron chi connectivity index (χ2n) is 7.75. The molecular weight excluding hydrogens is 421 g/mol. The van der Waals surface area contributed by atoms with Gasteiger partial charge in [-0.05, 0) is 62.1 Å². The highest BCUT2D eigenvalue weighted by molar-refractivity contribution is 6.21. The molecule has 2 aromatic rings. The highest BCUT2D eigenvalue weighted by atomic mass is 19.1. The topological polar surface area (TPSA) is 122 Å². The minimum absolute atomic E-state index is 0.0221. The van der Waals surface area contributed by atoms with E-state index >= 15 is 0 Å². The van der Waals surface area contributed by atoms with Crippen molar-refractivity contribution < 1.29 is 14.3 Å². The molecule has 8 heteroatoms. The van der Waals surface area contributed by atoms with Crippen LogP contribution in [0.2, 0.25) is 0 Å². The lowest BCUT2D eigenvalue weighted by Gasteiger charge is -2.10. The third-order valence-electron chi connectivity index (χ3n) is 5.04. The Morgan fingerprint density at radius 3 is 2.64 bits per heavy atom. The molecule has 0 unspecified atom stereocenters. The lowest BCUT2D eigenvalue weighted by Crippen LogP contribution is -2.10. The van der Waals surface area contributed by atoms with Crippen LogP contribution < -0.4 is 10.6 Å². The quantitative estimate of drug-likeness (QED) is 0.212. The zero-order chi connectivity index (χ0) is 24.0. The maximum Gasteiger partial charge on any atom is 0.248 e. The van der Waals surface area contributed by atoms with Crippen molar-refractivity contribution >= 4 is 40.7 Å². The molecule has 3 rings (SSSR count). The van der Waals surface area contributed by atoms with Gasteiger partial charge >= 0.3 is 0 Å². The lowest BCUT2D eigenvalue weighted by atomic mass is 10.0. The van der Waals surface area contributed by atoms with E-state index in [1.807, 2.05) is 0 Å². The summed E-state index contributed by atoms with van der Waals surface area (Å²) in [6.07, 6.45) is 11.3. The van der Waals surface area contributed by atoms with Gasteiger partial charge in [0, 0.05) is 59.3 Å². The Balaban J connectivity index is 1.76. The molecule has 0 radical (unpaired) electrons. The van der Waals surface area contributed by atoms with E-state index in [9.17, 15) is 14.3 Å². The number of carbonyl (C=O) groups excluding carboxylic acids is 1. The van der Waals surface area contributed by atoms with Gasteiger partial charge in [-0.15, -0.1) is 0 Å². The predicted molar refractivity (Wildman–Crippen MR) is 130 cm³/mol. The molecule has 1 aliphatic carbocycles. The Bertz CT molecular complexity index is 1180. The van der Waals surface area contributed by atoms with Crippen LogP contribution in [0.1, 0.15) is 43.4 Å². The molecule has 170 valence electrons. The number of nitrogens with one attached hydrogen (secondary N) is 4. The first-order valence-corrected chi connectivity index (χ1v) is 10.5. The molecule has 1 saturated carbocycles. The van der Waals surface area contributed by atoms with Crippen LogP contribution in [0.25, 0.3) is 17.2 Å². The molecule has 1 amide bonds. The van der Waals surface area contributed by atoms with Crippen LogP contribution in [-0.2, 0) is 4.79 Å². The molecule has 33 heavy (non-hydrogen) atoms. The first kappa shape index (κ1) is 23.6.